The first-order valence-corrected chi connectivity index (χ1v) is 14.2. The number of aromatic nitrogens is 1. The van der Waals surface area contributed by atoms with Crippen molar-refractivity contribution in [3.05, 3.63) is 76.1 Å². The molecule has 37 heavy (non-hydrogen) atoms. The summed E-state index contributed by atoms with van der Waals surface area (Å²) in [5.74, 6) is -0.653. The first-order valence-electron chi connectivity index (χ1n) is 13.4. The highest BCUT2D eigenvalue weighted by atomic mass is 79.9. The molecule has 2 N–H and O–H groups in total. The van der Waals surface area contributed by atoms with Crippen molar-refractivity contribution in [2.24, 2.45) is 17.8 Å². The highest BCUT2D eigenvalue weighted by Crippen LogP contribution is 2.43. The standard InChI is InChI=1S/C29H36BrF2N3O2/c30-22-5-1-19(2-6-22)26-18-24(35-13-15-37-16-14-35)9-10-25(26)29(36)34-28(20-3-7-23(31)8-4-20)21-11-12-33-27(32)17-21/h1,3,5,7-8,11-12,17,20,24-26,28-29,34,36H,2,4,6,9-10,13-16,18H2/t20?,24-,25-,26+,28?,29?/m1/s1. The van der Waals surface area contributed by atoms with Crippen molar-refractivity contribution < 1.29 is 18.6 Å². The van der Waals surface area contributed by atoms with E-state index in [4.69, 9.17) is 4.74 Å². The summed E-state index contributed by atoms with van der Waals surface area (Å²) < 4.78 is 34.6. The van der Waals surface area contributed by atoms with Crippen LogP contribution < -0.4 is 5.32 Å². The van der Waals surface area contributed by atoms with Gasteiger partial charge in [-0.05, 0) is 78.8 Å². The van der Waals surface area contributed by atoms with Crippen molar-refractivity contribution in [3.8, 4) is 0 Å². The maximum atomic E-state index is 14.1. The van der Waals surface area contributed by atoms with Crippen LogP contribution in [-0.2, 0) is 4.74 Å². The molecule has 0 spiro atoms. The Bertz CT molecular complexity index is 1070. The summed E-state index contributed by atoms with van der Waals surface area (Å²) in [6, 6.07) is 3.30. The van der Waals surface area contributed by atoms with E-state index >= 15 is 0 Å². The largest absolute Gasteiger partial charge is 0.379 e. The number of hydrogen-bond donors (Lipinski definition) is 2. The van der Waals surface area contributed by atoms with Crippen LogP contribution in [0.2, 0.25) is 0 Å². The Balaban J connectivity index is 1.38. The summed E-state index contributed by atoms with van der Waals surface area (Å²) in [5, 5.41) is 15.1. The molecule has 3 unspecified atom stereocenters. The number of aliphatic hydroxyl groups is 1. The number of halogens is 3. The van der Waals surface area contributed by atoms with Crippen LogP contribution in [0.25, 0.3) is 0 Å². The molecule has 0 amide bonds. The number of nitrogens with one attached hydrogen (secondary N) is 1. The number of rotatable bonds is 7. The smallest absolute Gasteiger partial charge is 0.213 e. The normalized spacial score (nSPS) is 30.8. The lowest BCUT2D eigenvalue weighted by molar-refractivity contribution is -0.0279. The molecule has 8 heteroatoms. The summed E-state index contributed by atoms with van der Waals surface area (Å²) in [5.41, 5.74) is 2.10. The van der Waals surface area contributed by atoms with E-state index in [1.54, 1.807) is 12.1 Å². The molecule has 200 valence electrons. The maximum Gasteiger partial charge on any atom is 0.213 e. The zero-order chi connectivity index (χ0) is 25.8. The number of morpholine rings is 1. The van der Waals surface area contributed by atoms with Gasteiger partial charge >= 0.3 is 0 Å². The number of ether oxygens (including phenoxy) is 1. The lowest BCUT2D eigenvalue weighted by atomic mass is 9.70. The van der Waals surface area contributed by atoms with E-state index in [0.29, 0.717) is 18.0 Å². The first kappa shape index (κ1) is 26.9. The van der Waals surface area contributed by atoms with Crippen LogP contribution in [0.3, 0.4) is 0 Å². The molecule has 0 radical (unpaired) electrons. The van der Waals surface area contributed by atoms with Crippen LogP contribution in [0.5, 0.6) is 0 Å². The van der Waals surface area contributed by atoms with Crippen LogP contribution in [-0.4, -0.2) is 53.6 Å². The molecule has 3 aliphatic carbocycles. The molecule has 1 saturated heterocycles. The number of pyridine rings is 1. The van der Waals surface area contributed by atoms with Gasteiger partial charge in [-0.15, -0.1) is 0 Å². The Labute approximate surface area is 226 Å². The zero-order valence-corrected chi connectivity index (χ0v) is 22.6. The Morgan fingerprint density at radius 2 is 2.00 bits per heavy atom. The lowest BCUT2D eigenvalue weighted by Crippen LogP contribution is -2.51. The second kappa shape index (κ2) is 12.4. The zero-order valence-electron chi connectivity index (χ0n) is 21.0. The van der Waals surface area contributed by atoms with E-state index in [0.717, 1.165) is 58.4 Å². The average Bonchev–Trinajstić information content (AvgIpc) is 2.93. The van der Waals surface area contributed by atoms with Gasteiger partial charge in [0.2, 0.25) is 5.95 Å². The fourth-order valence-corrected chi connectivity index (χ4v) is 6.76. The highest BCUT2D eigenvalue weighted by Gasteiger charge is 2.40. The van der Waals surface area contributed by atoms with Gasteiger partial charge in [0, 0.05) is 43.2 Å². The monoisotopic (exact) mass is 575 g/mol. The summed E-state index contributed by atoms with van der Waals surface area (Å²) in [7, 11) is 0. The van der Waals surface area contributed by atoms with Crippen molar-refractivity contribution in [3.63, 3.8) is 0 Å². The van der Waals surface area contributed by atoms with E-state index in [9.17, 15) is 13.9 Å². The van der Waals surface area contributed by atoms with Gasteiger partial charge in [0.05, 0.1) is 13.2 Å². The topological polar surface area (TPSA) is 57.6 Å². The van der Waals surface area contributed by atoms with Gasteiger partial charge in [-0.1, -0.05) is 39.7 Å². The van der Waals surface area contributed by atoms with E-state index in [-0.39, 0.29) is 29.6 Å². The average molecular weight is 577 g/mol. The minimum absolute atomic E-state index is 0.0304. The predicted octanol–water partition coefficient (Wildman–Crippen LogP) is 5.72. The maximum absolute atomic E-state index is 14.1. The van der Waals surface area contributed by atoms with Crippen molar-refractivity contribution in [1.29, 1.82) is 0 Å². The summed E-state index contributed by atoms with van der Waals surface area (Å²) in [6.45, 7) is 3.48. The molecule has 1 aromatic rings. The van der Waals surface area contributed by atoms with Gasteiger partial charge < -0.3 is 9.84 Å². The summed E-state index contributed by atoms with van der Waals surface area (Å²) >= 11 is 3.63. The molecule has 2 fully saturated rings. The Morgan fingerprint density at radius 1 is 1.16 bits per heavy atom. The van der Waals surface area contributed by atoms with E-state index in [2.05, 4.69) is 43.3 Å². The van der Waals surface area contributed by atoms with Crippen molar-refractivity contribution in [2.75, 3.05) is 26.3 Å². The van der Waals surface area contributed by atoms with Gasteiger partial charge in [-0.2, -0.15) is 4.39 Å². The third kappa shape index (κ3) is 6.66. The first-order chi connectivity index (χ1) is 18.0. The van der Waals surface area contributed by atoms with Gasteiger partial charge in [0.25, 0.3) is 0 Å². The summed E-state index contributed by atoms with van der Waals surface area (Å²) in [6.07, 6.45) is 15.2. The van der Waals surface area contributed by atoms with Crippen molar-refractivity contribution in [1.82, 2.24) is 15.2 Å². The molecule has 1 aromatic heterocycles. The molecular weight excluding hydrogens is 540 g/mol. The van der Waals surface area contributed by atoms with Crippen molar-refractivity contribution >= 4 is 15.9 Å². The van der Waals surface area contributed by atoms with E-state index in [1.807, 2.05) is 6.08 Å². The quantitative estimate of drug-likeness (QED) is 0.322. The molecule has 2 heterocycles. The van der Waals surface area contributed by atoms with Gasteiger partial charge in [-0.3, -0.25) is 10.2 Å². The Kier molecular flexibility index (Phi) is 9.03. The SMILES string of the molecule is OC(NC(c1ccnc(F)c1)C1C=CC(F)=CC1)[C@@H]1CC[C@@H](N2CCOCC2)C[C@H]1C1=CC=C(Br)CC1. The number of hydrogen-bond acceptors (Lipinski definition) is 5. The molecule has 5 nitrogen and oxygen atoms in total. The molecule has 1 saturated carbocycles. The number of nitrogens with zero attached hydrogens (tertiary/aromatic N) is 2. The molecule has 1 aliphatic heterocycles. The Hall–Kier alpha value is -1.71. The molecule has 6 atom stereocenters. The van der Waals surface area contributed by atoms with Crippen LogP contribution in [0.1, 0.15) is 50.1 Å². The fraction of sp³-hybridized carbons (Fsp3) is 0.552. The van der Waals surface area contributed by atoms with E-state index in [1.165, 1.54) is 28.4 Å². The van der Waals surface area contributed by atoms with Crippen LogP contribution in [0.4, 0.5) is 8.78 Å². The number of aliphatic hydroxyl groups excluding tert-OH is 1. The number of allylic oxidation sites excluding steroid dienone is 7. The van der Waals surface area contributed by atoms with Gasteiger partial charge in [0.1, 0.15) is 12.1 Å². The molecule has 0 aromatic carbocycles. The third-order valence-electron chi connectivity index (χ3n) is 8.43. The van der Waals surface area contributed by atoms with Crippen LogP contribution in [0, 0.1) is 23.7 Å². The highest BCUT2D eigenvalue weighted by molar-refractivity contribution is 9.11. The molecule has 5 rings (SSSR count). The minimum atomic E-state index is -0.781. The molecule has 0 bridgehead atoms. The van der Waals surface area contributed by atoms with Gasteiger partial charge in [-0.25, -0.2) is 9.37 Å². The second-order valence-electron chi connectivity index (χ2n) is 10.6. The second-order valence-corrected chi connectivity index (χ2v) is 11.6. The van der Waals surface area contributed by atoms with Crippen LogP contribution in [0.15, 0.2) is 64.6 Å². The predicted molar refractivity (Wildman–Crippen MR) is 144 cm³/mol. The van der Waals surface area contributed by atoms with Crippen molar-refractivity contribution in [2.45, 2.75) is 56.8 Å². The van der Waals surface area contributed by atoms with E-state index < -0.39 is 12.2 Å². The Morgan fingerprint density at radius 3 is 2.70 bits per heavy atom. The molecular formula is C29H36BrF2N3O2. The van der Waals surface area contributed by atoms with Gasteiger partial charge in [0.15, 0.2) is 0 Å². The lowest BCUT2D eigenvalue weighted by Gasteiger charge is -2.45. The third-order valence-corrected chi connectivity index (χ3v) is 9.09. The van der Waals surface area contributed by atoms with Crippen LogP contribution >= 0.6 is 15.9 Å². The molecule has 4 aliphatic rings. The summed E-state index contributed by atoms with van der Waals surface area (Å²) in [4.78, 5) is 6.26. The fourth-order valence-electron chi connectivity index (χ4n) is 6.43. The minimum Gasteiger partial charge on any atom is -0.379 e.